The van der Waals surface area contributed by atoms with Gasteiger partial charge in [-0.3, -0.25) is 4.79 Å². The summed E-state index contributed by atoms with van der Waals surface area (Å²) in [5.41, 5.74) is 1.45. The van der Waals surface area contributed by atoms with Gasteiger partial charge in [-0.2, -0.15) is 0 Å². The quantitative estimate of drug-likeness (QED) is 0.384. The van der Waals surface area contributed by atoms with E-state index in [1.807, 2.05) is 0 Å². The highest BCUT2D eigenvalue weighted by Crippen LogP contribution is 2.31. The molecular formula is C18H28OS. The number of aryl methyl sites for hydroxylation is 2. The van der Waals surface area contributed by atoms with Gasteiger partial charge in [0, 0.05) is 11.3 Å². The standard InChI is InChI=1S/C18H28OS/c1-2-3-4-5-6-7-8-9-12-16(19)18-14-15-11-10-13-17(15)20-18/h14H,2-13H2,1H3. The Labute approximate surface area is 127 Å². The Morgan fingerprint density at radius 2 is 1.75 bits per heavy atom. The molecule has 0 unspecified atom stereocenters. The van der Waals surface area contributed by atoms with Crippen LogP contribution in [0.5, 0.6) is 0 Å². The van der Waals surface area contributed by atoms with Crippen LogP contribution >= 0.6 is 11.3 Å². The molecule has 0 amide bonds. The molecule has 1 aliphatic rings. The van der Waals surface area contributed by atoms with Crippen LogP contribution in [-0.4, -0.2) is 5.78 Å². The molecule has 0 fully saturated rings. The van der Waals surface area contributed by atoms with Crippen molar-refractivity contribution in [3.05, 3.63) is 21.4 Å². The minimum atomic E-state index is 0.385. The third-order valence-corrected chi connectivity index (χ3v) is 5.56. The molecule has 0 aliphatic heterocycles. The summed E-state index contributed by atoms with van der Waals surface area (Å²) in [4.78, 5) is 14.6. The Morgan fingerprint density at radius 3 is 2.45 bits per heavy atom. The number of hydrogen-bond donors (Lipinski definition) is 0. The van der Waals surface area contributed by atoms with Crippen molar-refractivity contribution >= 4 is 17.1 Å². The lowest BCUT2D eigenvalue weighted by Crippen LogP contribution is -1.96. The lowest BCUT2D eigenvalue weighted by molar-refractivity contribution is 0.0983. The van der Waals surface area contributed by atoms with Crippen molar-refractivity contribution in [1.82, 2.24) is 0 Å². The van der Waals surface area contributed by atoms with E-state index >= 15 is 0 Å². The number of carbonyl (C=O) groups excluding carboxylic acids is 1. The minimum absolute atomic E-state index is 0.385. The number of carbonyl (C=O) groups is 1. The van der Waals surface area contributed by atoms with Crippen LogP contribution in [0.2, 0.25) is 0 Å². The maximum atomic E-state index is 12.1. The monoisotopic (exact) mass is 292 g/mol. The zero-order valence-electron chi connectivity index (χ0n) is 12.9. The molecule has 0 saturated heterocycles. The van der Waals surface area contributed by atoms with Crippen LogP contribution in [0.1, 0.15) is 91.2 Å². The molecule has 2 rings (SSSR count). The molecule has 0 bridgehead atoms. The Morgan fingerprint density at radius 1 is 1.05 bits per heavy atom. The van der Waals surface area contributed by atoms with Gasteiger partial charge in [-0.25, -0.2) is 0 Å². The zero-order chi connectivity index (χ0) is 14.2. The number of rotatable bonds is 10. The zero-order valence-corrected chi connectivity index (χ0v) is 13.7. The van der Waals surface area contributed by atoms with Crippen LogP contribution in [0.4, 0.5) is 0 Å². The maximum absolute atomic E-state index is 12.1. The van der Waals surface area contributed by atoms with E-state index in [2.05, 4.69) is 13.0 Å². The number of hydrogen-bond acceptors (Lipinski definition) is 2. The number of ketones is 1. The van der Waals surface area contributed by atoms with Crippen LogP contribution in [0.3, 0.4) is 0 Å². The summed E-state index contributed by atoms with van der Waals surface area (Å²) >= 11 is 1.76. The van der Waals surface area contributed by atoms with E-state index in [4.69, 9.17) is 0 Å². The van der Waals surface area contributed by atoms with Crippen molar-refractivity contribution in [3.63, 3.8) is 0 Å². The van der Waals surface area contributed by atoms with Crippen molar-refractivity contribution in [1.29, 1.82) is 0 Å². The molecule has 1 heterocycles. The molecular weight excluding hydrogens is 264 g/mol. The predicted octanol–water partition coefficient (Wildman–Crippen LogP) is 5.95. The predicted molar refractivity (Wildman–Crippen MR) is 87.9 cm³/mol. The third-order valence-electron chi connectivity index (χ3n) is 4.28. The summed E-state index contributed by atoms with van der Waals surface area (Å²) in [6.07, 6.45) is 14.8. The van der Waals surface area contributed by atoms with E-state index in [0.717, 1.165) is 17.7 Å². The molecule has 1 aliphatic carbocycles. The molecule has 0 N–H and O–H groups in total. The van der Waals surface area contributed by atoms with Gasteiger partial charge >= 0.3 is 0 Å². The fourth-order valence-electron chi connectivity index (χ4n) is 3.01. The molecule has 1 aromatic heterocycles. The number of thiophene rings is 1. The van der Waals surface area contributed by atoms with Crippen LogP contribution in [0.15, 0.2) is 6.07 Å². The number of unbranched alkanes of at least 4 members (excludes halogenated alkanes) is 7. The molecule has 2 heteroatoms. The summed E-state index contributed by atoms with van der Waals surface area (Å²) in [5, 5.41) is 0. The van der Waals surface area contributed by atoms with Crippen LogP contribution in [-0.2, 0) is 12.8 Å². The highest BCUT2D eigenvalue weighted by atomic mass is 32.1. The highest BCUT2D eigenvalue weighted by Gasteiger charge is 2.17. The van der Waals surface area contributed by atoms with Crippen LogP contribution < -0.4 is 0 Å². The minimum Gasteiger partial charge on any atom is -0.293 e. The molecule has 1 nitrogen and oxygen atoms in total. The Hall–Kier alpha value is -0.630. The molecule has 0 radical (unpaired) electrons. The van der Waals surface area contributed by atoms with E-state index in [0.29, 0.717) is 5.78 Å². The molecule has 1 aromatic rings. The smallest absolute Gasteiger partial charge is 0.172 e. The summed E-state index contributed by atoms with van der Waals surface area (Å²) in [7, 11) is 0. The Balaban J connectivity index is 1.56. The van der Waals surface area contributed by atoms with Crippen molar-refractivity contribution in [2.45, 2.75) is 84.0 Å². The van der Waals surface area contributed by atoms with Gasteiger partial charge in [-0.15, -0.1) is 11.3 Å². The average molecular weight is 292 g/mol. The first kappa shape index (κ1) is 15.8. The summed E-state index contributed by atoms with van der Waals surface area (Å²) in [5.74, 6) is 0.385. The first-order valence-corrected chi connectivity index (χ1v) is 9.27. The number of fused-ring (bicyclic) bond motifs is 1. The van der Waals surface area contributed by atoms with E-state index in [1.165, 1.54) is 74.6 Å². The lowest BCUT2D eigenvalue weighted by atomic mass is 10.1. The van der Waals surface area contributed by atoms with E-state index in [9.17, 15) is 4.79 Å². The van der Waals surface area contributed by atoms with Gasteiger partial charge in [0.25, 0.3) is 0 Å². The van der Waals surface area contributed by atoms with Gasteiger partial charge in [0.15, 0.2) is 5.78 Å². The van der Waals surface area contributed by atoms with Crippen molar-refractivity contribution < 1.29 is 4.79 Å². The largest absolute Gasteiger partial charge is 0.293 e. The highest BCUT2D eigenvalue weighted by molar-refractivity contribution is 7.14. The second-order valence-corrected chi connectivity index (χ2v) is 7.20. The summed E-state index contributed by atoms with van der Waals surface area (Å²) < 4.78 is 0. The molecule has 112 valence electrons. The van der Waals surface area contributed by atoms with Crippen molar-refractivity contribution in [2.75, 3.05) is 0 Å². The van der Waals surface area contributed by atoms with Gasteiger partial charge in [-0.05, 0) is 37.3 Å². The topological polar surface area (TPSA) is 17.1 Å². The van der Waals surface area contributed by atoms with Crippen LogP contribution in [0, 0.1) is 0 Å². The maximum Gasteiger partial charge on any atom is 0.172 e. The van der Waals surface area contributed by atoms with Gasteiger partial charge in [-0.1, -0.05) is 51.9 Å². The molecule has 0 saturated carbocycles. The SMILES string of the molecule is CCCCCCCCCCC(=O)c1cc2c(s1)CCC2. The van der Waals surface area contributed by atoms with Crippen LogP contribution in [0.25, 0.3) is 0 Å². The second kappa shape index (κ2) is 8.61. The fourth-order valence-corrected chi connectivity index (χ4v) is 4.23. The third kappa shape index (κ3) is 4.73. The number of Topliss-reactive ketones (excluding diaryl/α,β-unsaturated/α-hetero) is 1. The van der Waals surface area contributed by atoms with Gasteiger partial charge in [0.2, 0.25) is 0 Å². The van der Waals surface area contributed by atoms with Gasteiger partial charge < -0.3 is 0 Å². The summed E-state index contributed by atoms with van der Waals surface area (Å²) in [6, 6.07) is 2.17. The molecule has 0 spiro atoms. The Kier molecular flexibility index (Phi) is 6.78. The lowest BCUT2D eigenvalue weighted by Gasteiger charge is -2.01. The average Bonchev–Trinajstić information content (AvgIpc) is 3.02. The van der Waals surface area contributed by atoms with Crippen molar-refractivity contribution in [3.8, 4) is 0 Å². The van der Waals surface area contributed by atoms with Crippen molar-refractivity contribution in [2.24, 2.45) is 0 Å². The van der Waals surface area contributed by atoms with E-state index < -0.39 is 0 Å². The van der Waals surface area contributed by atoms with Gasteiger partial charge in [0.1, 0.15) is 0 Å². The first-order chi connectivity index (χ1) is 9.81. The fraction of sp³-hybridized carbons (Fsp3) is 0.722. The van der Waals surface area contributed by atoms with E-state index in [-0.39, 0.29) is 0 Å². The first-order valence-electron chi connectivity index (χ1n) is 8.46. The van der Waals surface area contributed by atoms with Gasteiger partial charge in [0.05, 0.1) is 4.88 Å². The summed E-state index contributed by atoms with van der Waals surface area (Å²) in [6.45, 7) is 2.26. The molecule has 0 aromatic carbocycles. The second-order valence-electron chi connectivity index (χ2n) is 6.06. The Bertz CT molecular complexity index is 398. The normalized spacial score (nSPS) is 13.7. The molecule has 0 atom stereocenters. The molecule has 20 heavy (non-hydrogen) atoms. The van der Waals surface area contributed by atoms with E-state index in [1.54, 1.807) is 11.3 Å².